The van der Waals surface area contributed by atoms with Crippen molar-refractivity contribution in [2.45, 2.75) is 6.18 Å². The highest BCUT2D eigenvalue weighted by Gasteiger charge is 2.31. The van der Waals surface area contributed by atoms with Crippen LogP contribution < -0.4 is 10.2 Å². The maximum absolute atomic E-state index is 13.2. The van der Waals surface area contributed by atoms with Crippen LogP contribution in [0.3, 0.4) is 0 Å². The lowest BCUT2D eigenvalue weighted by atomic mass is 10.1. The Morgan fingerprint density at radius 3 is 2.55 bits per heavy atom. The van der Waals surface area contributed by atoms with Crippen molar-refractivity contribution in [3.63, 3.8) is 0 Å². The van der Waals surface area contributed by atoms with Gasteiger partial charge in [-0.1, -0.05) is 6.07 Å². The van der Waals surface area contributed by atoms with Gasteiger partial charge in [0.05, 0.1) is 23.5 Å². The Kier molecular flexibility index (Phi) is 5.85. The van der Waals surface area contributed by atoms with Crippen LogP contribution in [0.15, 0.2) is 55.2 Å². The van der Waals surface area contributed by atoms with Gasteiger partial charge in [-0.2, -0.15) is 18.3 Å². The lowest BCUT2D eigenvalue weighted by molar-refractivity contribution is -0.137. The van der Waals surface area contributed by atoms with Crippen molar-refractivity contribution in [2.24, 2.45) is 0 Å². The summed E-state index contributed by atoms with van der Waals surface area (Å²) in [5.41, 5.74) is -0.521. The number of alkyl halides is 3. The molecular formula is C20H20F3N7O. The Hall–Kier alpha value is -3.47. The van der Waals surface area contributed by atoms with E-state index < -0.39 is 17.6 Å². The minimum atomic E-state index is -4.53. The molecule has 31 heavy (non-hydrogen) atoms. The summed E-state index contributed by atoms with van der Waals surface area (Å²) in [5.74, 6) is 0.486. The first-order chi connectivity index (χ1) is 14.9. The number of anilines is 2. The normalized spacial score (nSPS) is 15.1. The standard InChI is InChI=1S/C20H20F3N7O/c21-20(22,23)15-4-5-17(30-14-24-13-26-30)16(11-15)27-19(31)12-28-7-9-29(10-8-28)18-3-1-2-6-25-18/h1-6,11,13-14H,7-10,12H2,(H,27,31). The van der Waals surface area contributed by atoms with Gasteiger partial charge in [0.25, 0.3) is 0 Å². The number of rotatable bonds is 5. The van der Waals surface area contributed by atoms with Crippen molar-refractivity contribution in [3.05, 3.63) is 60.8 Å². The van der Waals surface area contributed by atoms with Gasteiger partial charge in [0.2, 0.25) is 5.91 Å². The second-order valence-electron chi connectivity index (χ2n) is 7.07. The quantitative estimate of drug-likeness (QED) is 0.669. The van der Waals surface area contributed by atoms with Crippen LogP contribution in [-0.2, 0) is 11.0 Å². The minimum Gasteiger partial charge on any atom is -0.354 e. The van der Waals surface area contributed by atoms with Crippen LogP contribution in [0.4, 0.5) is 24.7 Å². The second kappa shape index (κ2) is 8.72. The summed E-state index contributed by atoms with van der Waals surface area (Å²) in [6.45, 7) is 2.77. The summed E-state index contributed by atoms with van der Waals surface area (Å²) < 4.78 is 40.8. The summed E-state index contributed by atoms with van der Waals surface area (Å²) in [6.07, 6.45) is -0.168. The van der Waals surface area contributed by atoms with Crippen LogP contribution in [-0.4, -0.2) is 63.3 Å². The van der Waals surface area contributed by atoms with Gasteiger partial charge in [-0.3, -0.25) is 9.69 Å². The van der Waals surface area contributed by atoms with E-state index in [1.807, 2.05) is 23.1 Å². The number of carbonyl (C=O) groups is 1. The molecule has 0 saturated carbocycles. The van der Waals surface area contributed by atoms with Crippen LogP contribution in [0.25, 0.3) is 5.69 Å². The smallest absolute Gasteiger partial charge is 0.354 e. The number of benzene rings is 1. The number of aromatic nitrogens is 4. The molecule has 4 rings (SSSR count). The largest absolute Gasteiger partial charge is 0.416 e. The van der Waals surface area contributed by atoms with Gasteiger partial charge in [0.1, 0.15) is 18.5 Å². The first-order valence-corrected chi connectivity index (χ1v) is 9.64. The molecule has 1 aliphatic rings. The molecule has 0 bridgehead atoms. The maximum Gasteiger partial charge on any atom is 0.416 e. The molecule has 0 radical (unpaired) electrons. The Morgan fingerprint density at radius 1 is 1.10 bits per heavy atom. The Balaban J connectivity index is 1.42. The number of nitrogens with one attached hydrogen (secondary N) is 1. The summed E-state index contributed by atoms with van der Waals surface area (Å²) >= 11 is 0. The molecule has 1 amide bonds. The van der Waals surface area contributed by atoms with E-state index >= 15 is 0 Å². The third-order valence-corrected chi connectivity index (χ3v) is 4.98. The monoisotopic (exact) mass is 431 g/mol. The zero-order valence-corrected chi connectivity index (χ0v) is 16.5. The van der Waals surface area contributed by atoms with Gasteiger partial charge < -0.3 is 10.2 Å². The van der Waals surface area contributed by atoms with Crippen LogP contribution in [0.1, 0.15) is 5.56 Å². The van der Waals surface area contributed by atoms with Gasteiger partial charge in [0, 0.05) is 32.4 Å². The highest BCUT2D eigenvalue weighted by molar-refractivity contribution is 5.94. The molecule has 3 heterocycles. The van der Waals surface area contributed by atoms with Gasteiger partial charge >= 0.3 is 6.18 Å². The Bertz CT molecular complexity index is 1020. The van der Waals surface area contributed by atoms with E-state index in [0.717, 1.165) is 18.0 Å². The second-order valence-corrected chi connectivity index (χ2v) is 7.07. The number of piperazine rings is 1. The SMILES string of the molecule is O=C(CN1CCN(c2ccccn2)CC1)Nc1cc(C(F)(F)F)ccc1-n1cncn1. The Morgan fingerprint density at radius 2 is 1.90 bits per heavy atom. The third kappa shape index (κ3) is 5.00. The van der Waals surface area contributed by atoms with Gasteiger partial charge in [0.15, 0.2) is 0 Å². The van der Waals surface area contributed by atoms with Crippen LogP contribution in [0, 0.1) is 0 Å². The molecule has 11 heteroatoms. The van der Waals surface area contributed by atoms with E-state index in [0.29, 0.717) is 31.9 Å². The van der Waals surface area contributed by atoms with Crippen molar-refractivity contribution in [1.82, 2.24) is 24.6 Å². The molecule has 1 saturated heterocycles. The van der Waals surface area contributed by atoms with E-state index in [2.05, 4.69) is 25.3 Å². The molecule has 1 aromatic carbocycles. The molecule has 0 unspecified atom stereocenters. The van der Waals surface area contributed by atoms with Gasteiger partial charge in [-0.05, 0) is 30.3 Å². The number of halogens is 3. The maximum atomic E-state index is 13.2. The molecule has 0 atom stereocenters. The van der Waals surface area contributed by atoms with Crippen molar-refractivity contribution in [2.75, 3.05) is 42.9 Å². The predicted molar refractivity (Wildman–Crippen MR) is 108 cm³/mol. The first kappa shape index (κ1) is 20.8. The fourth-order valence-electron chi connectivity index (χ4n) is 3.41. The average molecular weight is 431 g/mol. The van der Waals surface area contributed by atoms with Crippen molar-refractivity contribution < 1.29 is 18.0 Å². The van der Waals surface area contributed by atoms with Crippen LogP contribution in [0.2, 0.25) is 0 Å². The van der Waals surface area contributed by atoms with Crippen LogP contribution >= 0.6 is 0 Å². The summed E-state index contributed by atoms with van der Waals surface area (Å²) in [5, 5.41) is 6.56. The molecule has 0 spiro atoms. The number of carbonyl (C=O) groups excluding carboxylic acids is 1. The molecular weight excluding hydrogens is 411 g/mol. The summed E-state index contributed by atoms with van der Waals surface area (Å²) in [7, 11) is 0. The topological polar surface area (TPSA) is 79.2 Å². The Labute approximate surface area is 176 Å². The number of nitrogens with zero attached hydrogens (tertiary/aromatic N) is 6. The van der Waals surface area contributed by atoms with E-state index in [1.54, 1.807) is 6.20 Å². The van der Waals surface area contributed by atoms with Crippen LogP contribution in [0.5, 0.6) is 0 Å². The number of hydrogen-bond acceptors (Lipinski definition) is 6. The zero-order chi connectivity index (χ0) is 21.8. The van der Waals surface area contributed by atoms with E-state index in [-0.39, 0.29) is 12.2 Å². The average Bonchev–Trinajstić information content (AvgIpc) is 3.29. The predicted octanol–water partition coefficient (Wildman–Crippen LogP) is 2.44. The van der Waals surface area contributed by atoms with Gasteiger partial charge in [-0.25, -0.2) is 14.6 Å². The summed E-state index contributed by atoms with van der Waals surface area (Å²) in [4.78, 5) is 24.8. The molecule has 1 fully saturated rings. The first-order valence-electron chi connectivity index (χ1n) is 9.64. The minimum absolute atomic E-state index is 0.0254. The van der Waals surface area contributed by atoms with Crippen molar-refractivity contribution in [1.29, 1.82) is 0 Å². The lowest BCUT2D eigenvalue weighted by Crippen LogP contribution is -2.48. The summed E-state index contributed by atoms with van der Waals surface area (Å²) in [6, 6.07) is 8.83. The number of hydrogen-bond donors (Lipinski definition) is 1. The molecule has 8 nitrogen and oxygen atoms in total. The fraction of sp³-hybridized carbons (Fsp3) is 0.300. The zero-order valence-electron chi connectivity index (χ0n) is 16.5. The number of pyridine rings is 1. The highest BCUT2D eigenvalue weighted by Crippen LogP contribution is 2.33. The lowest BCUT2D eigenvalue weighted by Gasteiger charge is -2.35. The van der Waals surface area contributed by atoms with E-state index in [9.17, 15) is 18.0 Å². The molecule has 2 aromatic heterocycles. The van der Waals surface area contributed by atoms with E-state index in [1.165, 1.54) is 23.4 Å². The highest BCUT2D eigenvalue weighted by atomic mass is 19.4. The van der Waals surface area contributed by atoms with Crippen molar-refractivity contribution >= 4 is 17.4 Å². The molecule has 1 N–H and O–H groups in total. The van der Waals surface area contributed by atoms with Crippen molar-refractivity contribution in [3.8, 4) is 5.69 Å². The molecule has 0 aliphatic carbocycles. The van der Waals surface area contributed by atoms with Gasteiger partial charge in [-0.15, -0.1) is 0 Å². The fourth-order valence-corrected chi connectivity index (χ4v) is 3.41. The molecule has 1 aliphatic heterocycles. The third-order valence-electron chi connectivity index (χ3n) is 4.98. The van der Waals surface area contributed by atoms with E-state index in [4.69, 9.17) is 0 Å². The number of amides is 1. The molecule has 162 valence electrons. The molecule has 3 aromatic rings.